The van der Waals surface area contributed by atoms with Crippen molar-refractivity contribution < 1.29 is 4.74 Å². The zero-order chi connectivity index (χ0) is 16.2. The van der Waals surface area contributed by atoms with Crippen LogP contribution in [0.25, 0.3) is 10.8 Å². The van der Waals surface area contributed by atoms with E-state index in [0.29, 0.717) is 0 Å². The highest BCUT2D eigenvalue weighted by Crippen LogP contribution is 2.19. The molecule has 2 aromatic heterocycles. The van der Waals surface area contributed by atoms with Crippen molar-refractivity contribution in [2.45, 2.75) is 6.54 Å². The van der Waals surface area contributed by atoms with Gasteiger partial charge in [0.2, 0.25) is 0 Å². The van der Waals surface area contributed by atoms with Gasteiger partial charge in [0.1, 0.15) is 11.6 Å². The average molecular weight is 320 g/mol. The molecule has 0 unspecified atom stereocenters. The number of hydrogen-bond acceptors (Lipinski definition) is 5. The van der Waals surface area contributed by atoms with Gasteiger partial charge in [0, 0.05) is 37.4 Å². The number of rotatable bonds is 4. The quantitative estimate of drug-likeness (QED) is 0.800. The minimum atomic E-state index is 0.810. The highest BCUT2D eigenvalue weighted by atomic mass is 16.5. The van der Waals surface area contributed by atoms with Gasteiger partial charge < -0.3 is 10.1 Å². The van der Waals surface area contributed by atoms with Crippen LogP contribution in [-0.2, 0) is 11.3 Å². The van der Waals surface area contributed by atoms with Gasteiger partial charge in [-0.25, -0.2) is 9.97 Å². The Labute approximate surface area is 141 Å². The second-order valence-electron chi connectivity index (χ2n) is 5.98. The molecule has 1 fully saturated rings. The molecule has 0 aliphatic carbocycles. The van der Waals surface area contributed by atoms with Crippen LogP contribution in [0.1, 0.15) is 5.56 Å². The first-order chi connectivity index (χ1) is 11.9. The lowest BCUT2D eigenvalue weighted by Crippen LogP contribution is -2.35. The van der Waals surface area contributed by atoms with E-state index in [1.165, 1.54) is 10.9 Å². The topological polar surface area (TPSA) is 50.3 Å². The van der Waals surface area contributed by atoms with Crippen LogP contribution in [0.15, 0.2) is 54.9 Å². The van der Waals surface area contributed by atoms with Gasteiger partial charge in [-0.3, -0.25) is 4.90 Å². The van der Waals surface area contributed by atoms with Crippen molar-refractivity contribution in [2.24, 2.45) is 0 Å². The Morgan fingerprint density at radius 1 is 0.958 bits per heavy atom. The number of ether oxygens (including phenoxy) is 1. The maximum absolute atomic E-state index is 5.40. The summed E-state index contributed by atoms with van der Waals surface area (Å²) in [6, 6.07) is 14.4. The summed E-state index contributed by atoms with van der Waals surface area (Å²) >= 11 is 0. The standard InChI is InChI=1S/C19H20N4O/c1-2-4-17-13-21-19(12-16(17)3-1)22-18-11-15(5-6-20-18)14-23-7-9-24-10-8-23/h1-6,11-13H,7-10,14H2,(H,20,21,22). The first-order valence-electron chi connectivity index (χ1n) is 8.24. The molecule has 0 atom stereocenters. The van der Waals surface area contributed by atoms with E-state index in [4.69, 9.17) is 4.74 Å². The third-order valence-electron chi connectivity index (χ3n) is 4.22. The van der Waals surface area contributed by atoms with Gasteiger partial charge in [-0.05, 0) is 29.1 Å². The van der Waals surface area contributed by atoms with Crippen molar-refractivity contribution in [2.75, 3.05) is 31.6 Å². The van der Waals surface area contributed by atoms with E-state index in [9.17, 15) is 0 Å². The average Bonchev–Trinajstić information content (AvgIpc) is 2.63. The number of nitrogens with one attached hydrogen (secondary N) is 1. The maximum Gasteiger partial charge on any atom is 0.132 e. The summed E-state index contributed by atoms with van der Waals surface area (Å²) in [5, 5.41) is 5.61. The Hall–Kier alpha value is -2.50. The number of fused-ring (bicyclic) bond motifs is 1. The molecular weight excluding hydrogens is 300 g/mol. The van der Waals surface area contributed by atoms with Crippen LogP contribution in [0.2, 0.25) is 0 Å². The van der Waals surface area contributed by atoms with Crippen molar-refractivity contribution in [3.05, 3.63) is 60.4 Å². The van der Waals surface area contributed by atoms with E-state index in [-0.39, 0.29) is 0 Å². The molecule has 1 N–H and O–H groups in total. The highest BCUT2D eigenvalue weighted by Gasteiger charge is 2.11. The molecule has 0 radical (unpaired) electrons. The molecule has 122 valence electrons. The van der Waals surface area contributed by atoms with E-state index < -0.39 is 0 Å². The first-order valence-corrected chi connectivity index (χ1v) is 8.24. The van der Waals surface area contributed by atoms with Crippen LogP contribution >= 0.6 is 0 Å². The summed E-state index contributed by atoms with van der Waals surface area (Å²) in [6.45, 7) is 4.52. The summed E-state index contributed by atoms with van der Waals surface area (Å²) in [4.78, 5) is 11.3. The van der Waals surface area contributed by atoms with Gasteiger partial charge in [-0.2, -0.15) is 0 Å². The molecule has 0 saturated carbocycles. The molecule has 24 heavy (non-hydrogen) atoms. The summed E-state index contributed by atoms with van der Waals surface area (Å²) < 4.78 is 5.40. The van der Waals surface area contributed by atoms with Gasteiger partial charge >= 0.3 is 0 Å². The number of morpholine rings is 1. The van der Waals surface area contributed by atoms with E-state index in [1.54, 1.807) is 0 Å². The summed E-state index contributed by atoms with van der Waals surface area (Å²) in [5.74, 6) is 1.63. The van der Waals surface area contributed by atoms with Gasteiger partial charge in [0.05, 0.1) is 13.2 Å². The third kappa shape index (κ3) is 3.53. The zero-order valence-electron chi connectivity index (χ0n) is 13.5. The number of hydrogen-bond donors (Lipinski definition) is 1. The summed E-state index contributed by atoms with van der Waals surface area (Å²) in [6.07, 6.45) is 3.73. The van der Waals surface area contributed by atoms with Crippen LogP contribution < -0.4 is 5.32 Å². The summed E-state index contributed by atoms with van der Waals surface area (Å²) in [5.41, 5.74) is 1.25. The molecule has 1 aliphatic heterocycles. The van der Waals surface area contributed by atoms with Crippen LogP contribution in [0.3, 0.4) is 0 Å². The summed E-state index contributed by atoms with van der Waals surface area (Å²) in [7, 11) is 0. The van der Waals surface area contributed by atoms with Gasteiger partial charge in [-0.1, -0.05) is 24.3 Å². The van der Waals surface area contributed by atoms with Crippen LogP contribution in [0, 0.1) is 0 Å². The predicted molar refractivity (Wildman–Crippen MR) is 95.4 cm³/mol. The smallest absolute Gasteiger partial charge is 0.132 e. The zero-order valence-corrected chi connectivity index (χ0v) is 13.5. The fourth-order valence-corrected chi connectivity index (χ4v) is 2.94. The largest absolute Gasteiger partial charge is 0.379 e. The third-order valence-corrected chi connectivity index (χ3v) is 4.22. The maximum atomic E-state index is 5.40. The number of pyridine rings is 2. The fourth-order valence-electron chi connectivity index (χ4n) is 2.94. The molecule has 3 heterocycles. The van der Waals surface area contributed by atoms with Crippen molar-refractivity contribution in [3.8, 4) is 0 Å². The molecule has 1 aliphatic rings. The van der Waals surface area contributed by atoms with Crippen molar-refractivity contribution in [1.82, 2.24) is 14.9 Å². The molecular formula is C19H20N4O. The van der Waals surface area contributed by atoms with Crippen LogP contribution in [0.4, 0.5) is 11.6 Å². The number of anilines is 2. The molecule has 1 saturated heterocycles. The number of benzene rings is 1. The van der Waals surface area contributed by atoms with Gasteiger partial charge in [0.15, 0.2) is 0 Å². The number of nitrogens with zero attached hydrogens (tertiary/aromatic N) is 3. The van der Waals surface area contributed by atoms with Crippen molar-refractivity contribution in [3.63, 3.8) is 0 Å². The van der Waals surface area contributed by atoms with E-state index >= 15 is 0 Å². The Morgan fingerprint density at radius 3 is 2.62 bits per heavy atom. The molecule has 5 nitrogen and oxygen atoms in total. The fraction of sp³-hybridized carbons (Fsp3) is 0.263. The molecule has 3 aromatic rings. The Bertz CT molecular complexity index is 830. The Kier molecular flexibility index (Phi) is 4.36. The predicted octanol–water partition coefficient (Wildman–Crippen LogP) is 3.21. The van der Waals surface area contributed by atoms with Crippen molar-refractivity contribution in [1.29, 1.82) is 0 Å². The van der Waals surface area contributed by atoms with E-state index in [2.05, 4.69) is 44.5 Å². The lowest BCUT2D eigenvalue weighted by atomic mass is 10.2. The van der Waals surface area contributed by atoms with Crippen molar-refractivity contribution >= 4 is 22.4 Å². The minimum absolute atomic E-state index is 0.810. The molecule has 1 aromatic carbocycles. The Balaban J connectivity index is 1.50. The van der Waals surface area contributed by atoms with Crippen LogP contribution in [0.5, 0.6) is 0 Å². The monoisotopic (exact) mass is 320 g/mol. The molecule has 0 bridgehead atoms. The second kappa shape index (κ2) is 6.95. The lowest BCUT2D eigenvalue weighted by molar-refractivity contribution is 0.0342. The molecule has 4 rings (SSSR count). The van der Waals surface area contributed by atoms with Crippen LogP contribution in [-0.4, -0.2) is 41.2 Å². The highest BCUT2D eigenvalue weighted by molar-refractivity contribution is 5.84. The molecule has 0 spiro atoms. The van der Waals surface area contributed by atoms with E-state index in [1.807, 2.05) is 30.6 Å². The lowest BCUT2D eigenvalue weighted by Gasteiger charge is -2.26. The second-order valence-corrected chi connectivity index (χ2v) is 5.98. The molecule has 0 amide bonds. The molecule has 5 heteroatoms. The first kappa shape index (κ1) is 15.1. The van der Waals surface area contributed by atoms with Gasteiger partial charge in [0.25, 0.3) is 0 Å². The minimum Gasteiger partial charge on any atom is -0.379 e. The van der Waals surface area contributed by atoms with Gasteiger partial charge in [-0.15, -0.1) is 0 Å². The number of aromatic nitrogens is 2. The Morgan fingerprint density at radius 2 is 1.75 bits per heavy atom. The normalized spacial score (nSPS) is 15.5. The van der Waals surface area contributed by atoms with E-state index in [0.717, 1.165) is 49.9 Å². The SMILES string of the molecule is c1ccc2cc(Nc3cc(CN4CCOCC4)ccn3)ncc2c1.